The molecule has 2 nitrogen and oxygen atoms in total. The Kier molecular flexibility index (Phi) is 3.97. The minimum absolute atomic E-state index is 0.173. The van der Waals surface area contributed by atoms with Crippen LogP contribution < -0.4 is 0 Å². The highest BCUT2D eigenvalue weighted by molar-refractivity contribution is 5.80. The fraction of sp³-hybridized carbons (Fsp3) is 0.571. The van der Waals surface area contributed by atoms with Gasteiger partial charge in [-0.05, 0) is 20.3 Å². The number of hydrogen-bond donors (Lipinski definition) is 1. The van der Waals surface area contributed by atoms with Crippen LogP contribution >= 0.6 is 0 Å². The number of carbonyl (C=O) groups is 1. The molecule has 0 fully saturated rings. The zero-order valence-corrected chi connectivity index (χ0v) is 5.79. The first-order valence-electron chi connectivity index (χ1n) is 2.98. The molecule has 0 saturated carbocycles. The van der Waals surface area contributed by atoms with Gasteiger partial charge in [0.25, 0.3) is 0 Å². The fourth-order valence-electron chi connectivity index (χ4n) is 0.431. The number of ketones is 1. The third-order valence-corrected chi connectivity index (χ3v) is 1.06. The number of Topliss-reactive ketones (excluding diaryl/α,β-unsaturated/α-hetero) is 1. The molecule has 0 radical (unpaired) electrons. The van der Waals surface area contributed by atoms with Crippen LogP contribution in [0.4, 0.5) is 0 Å². The summed E-state index contributed by atoms with van der Waals surface area (Å²) in [6, 6.07) is 0. The summed E-state index contributed by atoms with van der Waals surface area (Å²) in [5.74, 6) is -0.173. The fourth-order valence-corrected chi connectivity index (χ4v) is 0.431. The van der Waals surface area contributed by atoms with E-state index in [0.29, 0.717) is 6.42 Å². The maximum Gasteiger partial charge on any atom is 0.158 e. The Morgan fingerprint density at radius 1 is 1.78 bits per heavy atom. The second kappa shape index (κ2) is 4.27. The summed E-state index contributed by atoms with van der Waals surface area (Å²) in [4.78, 5) is 10.4. The molecule has 2 heteroatoms. The van der Waals surface area contributed by atoms with Crippen molar-refractivity contribution in [3.05, 3.63) is 12.2 Å². The lowest BCUT2D eigenvalue weighted by molar-refractivity contribution is -0.124. The maximum atomic E-state index is 10.4. The molecule has 52 valence electrons. The average Bonchev–Trinajstić information content (AvgIpc) is 1.82. The molecule has 0 aliphatic heterocycles. The van der Waals surface area contributed by atoms with Gasteiger partial charge in [0.2, 0.25) is 0 Å². The molecule has 0 aliphatic carbocycles. The normalized spacial score (nSPS) is 14.1. The highest BCUT2D eigenvalue weighted by Gasteiger charge is 2.05. The Hall–Kier alpha value is -0.630. The van der Waals surface area contributed by atoms with E-state index in [2.05, 4.69) is 0 Å². The molecular weight excluding hydrogens is 116 g/mol. The molecule has 0 aromatic carbocycles. The monoisotopic (exact) mass is 128 g/mol. The summed E-state index contributed by atoms with van der Waals surface area (Å²) in [7, 11) is 0. The van der Waals surface area contributed by atoms with Gasteiger partial charge in [0.05, 0.1) is 0 Å². The van der Waals surface area contributed by atoms with Crippen LogP contribution in [0.5, 0.6) is 0 Å². The first-order chi connectivity index (χ1) is 4.18. The first-order valence-corrected chi connectivity index (χ1v) is 2.98. The minimum atomic E-state index is -0.804. The van der Waals surface area contributed by atoms with Crippen molar-refractivity contribution in [1.29, 1.82) is 0 Å². The summed E-state index contributed by atoms with van der Waals surface area (Å²) < 4.78 is 0. The zero-order valence-electron chi connectivity index (χ0n) is 5.79. The van der Waals surface area contributed by atoms with Gasteiger partial charge in [-0.3, -0.25) is 4.79 Å². The molecule has 1 atom stereocenters. The van der Waals surface area contributed by atoms with Gasteiger partial charge in [-0.1, -0.05) is 12.2 Å². The van der Waals surface area contributed by atoms with E-state index in [1.165, 1.54) is 6.92 Å². The lowest BCUT2D eigenvalue weighted by Gasteiger charge is -1.99. The van der Waals surface area contributed by atoms with Crippen LogP contribution in [0, 0.1) is 0 Å². The smallest absolute Gasteiger partial charge is 0.158 e. The van der Waals surface area contributed by atoms with Crippen LogP contribution in [-0.2, 0) is 4.79 Å². The van der Waals surface area contributed by atoms with Gasteiger partial charge in [0.1, 0.15) is 6.10 Å². The molecule has 0 saturated heterocycles. The van der Waals surface area contributed by atoms with Crippen LogP contribution in [0.3, 0.4) is 0 Å². The van der Waals surface area contributed by atoms with Gasteiger partial charge >= 0.3 is 0 Å². The molecule has 0 heterocycles. The van der Waals surface area contributed by atoms with E-state index in [1.807, 2.05) is 13.0 Å². The molecule has 0 bridgehead atoms. The Balaban J connectivity index is 3.50. The largest absolute Gasteiger partial charge is 0.385 e. The van der Waals surface area contributed by atoms with Crippen molar-refractivity contribution in [1.82, 2.24) is 0 Å². The van der Waals surface area contributed by atoms with E-state index in [9.17, 15) is 4.79 Å². The number of allylic oxidation sites excluding steroid dienone is 1. The summed E-state index contributed by atoms with van der Waals surface area (Å²) in [6.45, 7) is 3.24. The van der Waals surface area contributed by atoms with E-state index in [-0.39, 0.29) is 5.78 Å². The molecule has 9 heavy (non-hydrogen) atoms. The number of carbonyl (C=O) groups excluding carboxylic acids is 1. The van der Waals surface area contributed by atoms with Gasteiger partial charge < -0.3 is 5.11 Å². The number of aliphatic hydroxyl groups is 1. The maximum absolute atomic E-state index is 10.4. The van der Waals surface area contributed by atoms with Crippen LogP contribution in [0.2, 0.25) is 0 Å². The Morgan fingerprint density at radius 2 is 2.33 bits per heavy atom. The lowest BCUT2D eigenvalue weighted by Crippen LogP contribution is -2.15. The molecule has 1 N–H and O–H groups in total. The summed E-state index contributed by atoms with van der Waals surface area (Å²) in [5, 5.41) is 8.86. The highest BCUT2D eigenvalue weighted by atomic mass is 16.3. The number of rotatable bonds is 3. The number of aliphatic hydroxyl groups excluding tert-OH is 1. The standard InChI is InChI=1S/C7H12O2/c1-3-4-5-7(9)6(2)8/h3-4,7,9H,5H2,1-2H3/t7-/m1/s1. The summed E-state index contributed by atoms with van der Waals surface area (Å²) >= 11 is 0. The summed E-state index contributed by atoms with van der Waals surface area (Å²) in [6.07, 6.45) is 3.21. The summed E-state index contributed by atoms with van der Waals surface area (Å²) in [5.41, 5.74) is 0. The van der Waals surface area contributed by atoms with E-state index in [0.717, 1.165) is 0 Å². The van der Waals surface area contributed by atoms with Crippen molar-refractivity contribution in [2.45, 2.75) is 26.4 Å². The molecule has 0 aliphatic rings. The Bertz CT molecular complexity index is 116. The molecule has 0 aromatic heterocycles. The van der Waals surface area contributed by atoms with Crippen molar-refractivity contribution in [2.75, 3.05) is 0 Å². The highest BCUT2D eigenvalue weighted by Crippen LogP contribution is 1.93. The van der Waals surface area contributed by atoms with Crippen LogP contribution in [0.15, 0.2) is 12.2 Å². The van der Waals surface area contributed by atoms with Gasteiger partial charge in [-0.2, -0.15) is 0 Å². The van der Waals surface area contributed by atoms with Crippen molar-refractivity contribution in [2.24, 2.45) is 0 Å². The Labute approximate surface area is 55.2 Å². The average molecular weight is 128 g/mol. The van der Waals surface area contributed by atoms with E-state index in [4.69, 9.17) is 5.11 Å². The topological polar surface area (TPSA) is 37.3 Å². The molecule has 0 amide bonds. The predicted octanol–water partition coefficient (Wildman–Crippen LogP) is 0.903. The van der Waals surface area contributed by atoms with Crippen molar-refractivity contribution < 1.29 is 9.90 Å². The van der Waals surface area contributed by atoms with Gasteiger partial charge in [0, 0.05) is 0 Å². The van der Waals surface area contributed by atoms with Crippen LogP contribution in [-0.4, -0.2) is 17.0 Å². The van der Waals surface area contributed by atoms with Gasteiger partial charge in [-0.25, -0.2) is 0 Å². The van der Waals surface area contributed by atoms with Gasteiger partial charge in [0.15, 0.2) is 5.78 Å². The molecular formula is C7H12O2. The quantitative estimate of drug-likeness (QED) is 0.573. The lowest BCUT2D eigenvalue weighted by atomic mass is 10.2. The van der Waals surface area contributed by atoms with Gasteiger partial charge in [-0.15, -0.1) is 0 Å². The Morgan fingerprint density at radius 3 is 2.67 bits per heavy atom. The van der Waals surface area contributed by atoms with E-state index < -0.39 is 6.10 Å². The minimum Gasteiger partial charge on any atom is -0.385 e. The molecule has 0 unspecified atom stereocenters. The zero-order chi connectivity index (χ0) is 7.28. The second-order valence-electron chi connectivity index (χ2n) is 1.93. The third kappa shape index (κ3) is 3.91. The SMILES string of the molecule is CC=CC[C@@H](O)C(C)=O. The molecule has 0 aromatic rings. The number of hydrogen-bond acceptors (Lipinski definition) is 2. The third-order valence-electron chi connectivity index (χ3n) is 1.06. The molecule has 0 spiro atoms. The van der Waals surface area contributed by atoms with E-state index in [1.54, 1.807) is 6.08 Å². The first kappa shape index (κ1) is 8.37. The van der Waals surface area contributed by atoms with E-state index >= 15 is 0 Å². The second-order valence-corrected chi connectivity index (χ2v) is 1.93. The van der Waals surface area contributed by atoms with Crippen LogP contribution in [0.1, 0.15) is 20.3 Å². The van der Waals surface area contributed by atoms with Crippen molar-refractivity contribution >= 4 is 5.78 Å². The molecule has 0 rings (SSSR count). The van der Waals surface area contributed by atoms with Crippen molar-refractivity contribution in [3.8, 4) is 0 Å². The van der Waals surface area contributed by atoms with Crippen LogP contribution in [0.25, 0.3) is 0 Å². The van der Waals surface area contributed by atoms with Crippen molar-refractivity contribution in [3.63, 3.8) is 0 Å². The predicted molar refractivity (Wildman–Crippen MR) is 36.1 cm³/mol.